The molecule has 0 amide bonds. The molecule has 1 aliphatic rings. The largest absolute Gasteiger partial charge is 0.388 e. The Morgan fingerprint density at radius 2 is 2.14 bits per heavy atom. The second-order valence-electron chi connectivity index (χ2n) is 5.14. The fraction of sp³-hybridized carbons (Fsp3) is 0.583. The Morgan fingerprint density at radius 3 is 2.71 bits per heavy atom. The Labute approximate surface area is 128 Å². The lowest BCUT2D eigenvalue weighted by Gasteiger charge is -2.34. The summed E-state index contributed by atoms with van der Waals surface area (Å²) in [5.74, 6) is 0.0707. The van der Waals surface area contributed by atoms with Gasteiger partial charge < -0.3 is 15.6 Å². The maximum absolute atomic E-state index is 12.5. The lowest BCUT2D eigenvalue weighted by Crippen LogP contribution is -2.47. The van der Waals surface area contributed by atoms with Gasteiger partial charge in [-0.05, 0) is 6.07 Å². The summed E-state index contributed by atoms with van der Waals surface area (Å²) in [6, 6.07) is 1.25. The highest BCUT2D eigenvalue weighted by molar-refractivity contribution is 7.89. The lowest BCUT2D eigenvalue weighted by atomic mass is 9.95. The van der Waals surface area contributed by atoms with Gasteiger partial charge in [-0.2, -0.15) is 4.31 Å². The smallest absolute Gasteiger partial charge is 0.244 e. The van der Waals surface area contributed by atoms with Crippen molar-refractivity contribution in [1.82, 2.24) is 9.29 Å². The van der Waals surface area contributed by atoms with Crippen molar-refractivity contribution in [2.45, 2.75) is 23.3 Å². The Balaban J connectivity index is 2.20. The third-order valence-corrected chi connectivity index (χ3v) is 5.56. The summed E-state index contributed by atoms with van der Waals surface area (Å²) in [6.07, 6.45) is 1.95. The average Bonchev–Trinajstić information content (AvgIpc) is 2.42. The van der Waals surface area contributed by atoms with E-state index in [4.69, 9.17) is 22.1 Å². The van der Waals surface area contributed by atoms with Gasteiger partial charge in [0.15, 0.2) is 0 Å². The number of halogens is 1. The van der Waals surface area contributed by atoms with Crippen molar-refractivity contribution in [2.75, 3.05) is 32.5 Å². The normalized spacial score (nSPS) is 18.9. The Bertz CT molecular complexity index is 617. The Morgan fingerprint density at radius 1 is 1.52 bits per heavy atom. The second kappa shape index (κ2) is 6.05. The van der Waals surface area contributed by atoms with E-state index in [2.05, 4.69) is 4.98 Å². The summed E-state index contributed by atoms with van der Waals surface area (Å²) in [5, 5.41) is 10.5. The minimum Gasteiger partial charge on any atom is -0.388 e. The van der Waals surface area contributed by atoms with Gasteiger partial charge in [0.25, 0.3) is 0 Å². The molecule has 0 unspecified atom stereocenters. The number of anilines is 1. The van der Waals surface area contributed by atoms with Crippen molar-refractivity contribution >= 4 is 27.4 Å². The molecule has 0 radical (unpaired) electrons. The number of hydrogen-bond acceptors (Lipinski definition) is 6. The van der Waals surface area contributed by atoms with Gasteiger partial charge in [-0.1, -0.05) is 11.6 Å². The number of nitrogens with two attached hydrogens (primary N) is 1. The molecule has 0 atom stereocenters. The van der Waals surface area contributed by atoms with E-state index < -0.39 is 15.6 Å². The quantitative estimate of drug-likeness (QED) is 0.829. The molecule has 0 aromatic carbocycles. The number of nitrogen functional groups attached to an aromatic ring is 1. The topological polar surface area (TPSA) is 106 Å². The number of nitrogens with zero attached hydrogens (tertiary/aromatic N) is 2. The molecule has 21 heavy (non-hydrogen) atoms. The van der Waals surface area contributed by atoms with Gasteiger partial charge in [-0.25, -0.2) is 13.4 Å². The van der Waals surface area contributed by atoms with Crippen molar-refractivity contribution in [3.05, 3.63) is 17.3 Å². The SMILES string of the molecule is CN(CC1(O)CCOCC1)S(=O)(=O)c1cnc(N)c(Cl)c1. The highest BCUT2D eigenvalue weighted by Gasteiger charge is 2.35. The van der Waals surface area contributed by atoms with Gasteiger partial charge in [0, 0.05) is 45.8 Å². The van der Waals surface area contributed by atoms with Crippen LogP contribution in [0.15, 0.2) is 17.2 Å². The van der Waals surface area contributed by atoms with Crippen molar-refractivity contribution in [1.29, 1.82) is 0 Å². The molecule has 2 rings (SSSR count). The third-order valence-electron chi connectivity index (χ3n) is 3.49. The molecular formula is C12H18ClN3O4S. The monoisotopic (exact) mass is 335 g/mol. The van der Waals surface area contributed by atoms with E-state index >= 15 is 0 Å². The van der Waals surface area contributed by atoms with E-state index in [0.717, 1.165) is 10.5 Å². The van der Waals surface area contributed by atoms with Gasteiger partial charge in [0.1, 0.15) is 10.7 Å². The predicted octanol–water partition coefficient (Wildman–Crippen LogP) is 0.479. The van der Waals surface area contributed by atoms with E-state index in [1.807, 2.05) is 0 Å². The number of hydrogen-bond donors (Lipinski definition) is 2. The van der Waals surface area contributed by atoms with Crippen LogP contribution >= 0.6 is 11.6 Å². The minimum atomic E-state index is -3.79. The van der Waals surface area contributed by atoms with Crippen LogP contribution < -0.4 is 5.73 Å². The average molecular weight is 336 g/mol. The first-order valence-corrected chi connectivity index (χ1v) is 8.24. The van der Waals surface area contributed by atoms with E-state index in [9.17, 15) is 13.5 Å². The molecule has 1 aromatic heterocycles. The standard InChI is InChI=1S/C12H18ClN3O4S/c1-16(8-12(17)2-4-20-5-3-12)21(18,19)9-6-10(13)11(14)15-7-9/h6-7,17H,2-5,8H2,1H3,(H2,14,15). The van der Waals surface area contributed by atoms with Gasteiger partial charge in [-0.15, -0.1) is 0 Å². The van der Waals surface area contributed by atoms with Crippen molar-refractivity contribution in [3.63, 3.8) is 0 Å². The number of aromatic nitrogens is 1. The van der Waals surface area contributed by atoms with Crippen LogP contribution in [-0.2, 0) is 14.8 Å². The van der Waals surface area contributed by atoms with Gasteiger partial charge >= 0.3 is 0 Å². The van der Waals surface area contributed by atoms with Crippen LogP contribution in [0.1, 0.15) is 12.8 Å². The second-order valence-corrected chi connectivity index (χ2v) is 7.59. The molecule has 0 bridgehead atoms. The maximum atomic E-state index is 12.5. The fourth-order valence-electron chi connectivity index (χ4n) is 2.16. The van der Waals surface area contributed by atoms with E-state index in [-0.39, 0.29) is 22.3 Å². The van der Waals surface area contributed by atoms with E-state index in [0.29, 0.717) is 26.1 Å². The van der Waals surface area contributed by atoms with Crippen LogP contribution in [0.2, 0.25) is 5.02 Å². The summed E-state index contributed by atoms with van der Waals surface area (Å²) in [4.78, 5) is 3.69. The molecule has 1 saturated heterocycles. The van der Waals surface area contributed by atoms with Gasteiger partial charge in [0.2, 0.25) is 10.0 Å². The van der Waals surface area contributed by atoms with Crippen LogP contribution in [0.25, 0.3) is 0 Å². The molecule has 1 fully saturated rings. The first-order chi connectivity index (χ1) is 9.74. The van der Waals surface area contributed by atoms with Crippen LogP contribution in [-0.4, -0.2) is 55.2 Å². The Kier molecular flexibility index (Phi) is 4.74. The molecule has 9 heteroatoms. The van der Waals surface area contributed by atoms with Gasteiger partial charge in [0.05, 0.1) is 10.6 Å². The molecule has 3 N–H and O–H groups in total. The molecule has 0 saturated carbocycles. The van der Waals surface area contributed by atoms with Crippen LogP contribution in [0.5, 0.6) is 0 Å². The maximum Gasteiger partial charge on any atom is 0.244 e. The zero-order valence-electron chi connectivity index (χ0n) is 11.6. The molecule has 118 valence electrons. The molecule has 1 aromatic rings. The first-order valence-electron chi connectivity index (χ1n) is 6.42. The number of sulfonamides is 1. The molecule has 7 nitrogen and oxygen atoms in total. The highest BCUT2D eigenvalue weighted by Crippen LogP contribution is 2.26. The highest BCUT2D eigenvalue weighted by atomic mass is 35.5. The zero-order chi connectivity index (χ0) is 15.7. The van der Waals surface area contributed by atoms with Crippen molar-refractivity contribution in [3.8, 4) is 0 Å². The summed E-state index contributed by atoms with van der Waals surface area (Å²) in [7, 11) is -2.38. The summed E-state index contributed by atoms with van der Waals surface area (Å²) in [6.45, 7) is 0.819. The molecule has 1 aliphatic heterocycles. The molecule has 0 aliphatic carbocycles. The summed E-state index contributed by atoms with van der Waals surface area (Å²) in [5.41, 5.74) is 4.39. The number of aliphatic hydroxyl groups is 1. The zero-order valence-corrected chi connectivity index (χ0v) is 13.2. The predicted molar refractivity (Wildman–Crippen MR) is 78.5 cm³/mol. The first kappa shape index (κ1) is 16.4. The Hall–Kier alpha value is -0.930. The fourth-order valence-corrected chi connectivity index (χ4v) is 3.61. The van der Waals surface area contributed by atoms with E-state index in [1.54, 1.807) is 0 Å². The molecule has 0 spiro atoms. The summed E-state index contributed by atoms with van der Waals surface area (Å²) >= 11 is 5.81. The molecule has 2 heterocycles. The van der Waals surface area contributed by atoms with Crippen LogP contribution in [0.4, 0.5) is 5.82 Å². The number of rotatable bonds is 4. The minimum absolute atomic E-state index is 0.0132. The number of pyridine rings is 1. The lowest BCUT2D eigenvalue weighted by molar-refractivity contribution is -0.0689. The van der Waals surface area contributed by atoms with Gasteiger partial charge in [-0.3, -0.25) is 0 Å². The third kappa shape index (κ3) is 3.64. The van der Waals surface area contributed by atoms with Crippen LogP contribution in [0.3, 0.4) is 0 Å². The van der Waals surface area contributed by atoms with Crippen molar-refractivity contribution in [2.24, 2.45) is 0 Å². The van der Waals surface area contributed by atoms with E-state index in [1.165, 1.54) is 13.1 Å². The number of likely N-dealkylation sites (N-methyl/N-ethyl adjacent to an activating group) is 1. The number of ether oxygens (including phenoxy) is 1. The van der Waals surface area contributed by atoms with Crippen molar-refractivity contribution < 1.29 is 18.3 Å². The van der Waals surface area contributed by atoms with Crippen LogP contribution in [0, 0.1) is 0 Å². The summed E-state index contributed by atoms with van der Waals surface area (Å²) < 4.78 is 31.2. The molecular weight excluding hydrogens is 318 g/mol.